The number of urea groups is 1. The van der Waals surface area contributed by atoms with Gasteiger partial charge in [-0.05, 0) is 36.2 Å². The molecule has 0 unspecified atom stereocenters. The quantitative estimate of drug-likeness (QED) is 0.876. The Hall–Kier alpha value is -2.68. The van der Waals surface area contributed by atoms with Crippen molar-refractivity contribution in [1.82, 2.24) is 0 Å². The summed E-state index contributed by atoms with van der Waals surface area (Å²) in [6.07, 6.45) is 1.70. The van der Waals surface area contributed by atoms with Crippen LogP contribution in [0.15, 0.2) is 36.4 Å². The number of benzene rings is 2. The lowest BCUT2D eigenvalue weighted by molar-refractivity contribution is 0.262. The van der Waals surface area contributed by atoms with Crippen molar-refractivity contribution in [1.29, 1.82) is 0 Å². The number of rotatable bonds is 3. The van der Waals surface area contributed by atoms with Crippen LogP contribution in [0.3, 0.4) is 0 Å². The van der Waals surface area contributed by atoms with Crippen LogP contribution in [-0.4, -0.2) is 27.2 Å². The van der Waals surface area contributed by atoms with Crippen LogP contribution in [0.2, 0.25) is 0 Å². The van der Waals surface area contributed by atoms with E-state index in [1.807, 2.05) is 0 Å². The molecule has 0 radical (unpaired) electrons. The first-order valence-electron chi connectivity index (χ1n) is 7.38. The van der Waals surface area contributed by atoms with Gasteiger partial charge in [-0.2, -0.15) is 0 Å². The summed E-state index contributed by atoms with van der Waals surface area (Å²) >= 11 is 0. The zero-order chi connectivity index (χ0) is 18.2. The van der Waals surface area contributed by atoms with Crippen molar-refractivity contribution in [2.75, 3.05) is 27.7 Å². The molecule has 3 rings (SSSR count). The molecule has 6 nitrogen and oxygen atoms in total. The first-order chi connectivity index (χ1) is 11.7. The second-order valence-electron chi connectivity index (χ2n) is 5.63. The van der Waals surface area contributed by atoms with Gasteiger partial charge in [0.15, 0.2) is 0 Å². The number of fused-ring (bicyclic) bond motifs is 1. The van der Waals surface area contributed by atoms with Crippen LogP contribution in [0.25, 0.3) is 0 Å². The molecule has 2 N–H and O–H groups in total. The van der Waals surface area contributed by atoms with Crippen molar-refractivity contribution in [2.24, 2.45) is 0 Å². The first-order valence-corrected chi connectivity index (χ1v) is 9.22. The molecule has 0 fully saturated rings. The number of nitrogens with zero attached hydrogens (tertiary/aromatic N) is 1. The molecule has 0 spiro atoms. The zero-order valence-electron chi connectivity index (χ0n) is 13.2. The summed E-state index contributed by atoms with van der Waals surface area (Å²) in [4.78, 5) is 12.0. The fraction of sp³-hybridized carbons (Fsp3) is 0.188. The average Bonchev–Trinajstić information content (AvgIpc) is 2.94. The van der Waals surface area contributed by atoms with Crippen molar-refractivity contribution < 1.29 is 22.0 Å². The maximum absolute atomic E-state index is 13.5. The number of hydrogen-bond acceptors (Lipinski definition) is 3. The Bertz CT molecular complexity index is 948. The molecule has 0 saturated heterocycles. The van der Waals surface area contributed by atoms with Crippen LogP contribution >= 0.6 is 0 Å². The molecular formula is C16H15F2N3O3S. The van der Waals surface area contributed by atoms with Gasteiger partial charge in [0.05, 0.1) is 17.6 Å². The summed E-state index contributed by atoms with van der Waals surface area (Å²) in [5.41, 5.74) is 1.39. The molecule has 1 heterocycles. The van der Waals surface area contributed by atoms with E-state index in [9.17, 15) is 22.0 Å². The van der Waals surface area contributed by atoms with Crippen molar-refractivity contribution in [2.45, 2.75) is 6.42 Å². The molecule has 0 aliphatic carbocycles. The molecule has 2 aromatic carbocycles. The molecule has 2 amide bonds. The highest BCUT2D eigenvalue weighted by molar-refractivity contribution is 7.92. The Kier molecular flexibility index (Phi) is 4.34. The molecule has 0 aromatic heterocycles. The van der Waals surface area contributed by atoms with Crippen LogP contribution in [0, 0.1) is 11.6 Å². The lowest BCUT2D eigenvalue weighted by atomic mass is 10.1. The van der Waals surface area contributed by atoms with Gasteiger partial charge in [-0.1, -0.05) is 6.07 Å². The van der Waals surface area contributed by atoms with Gasteiger partial charge in [-0.3, -0.25) is 4.31 Å². The van der Waals surface area contributed by atoms with Gasteiger partial charge in [-0.15, -0.1) is 0 Å². The normalized spacial score (nSPS) is 13.5. The highest BCUT2D eigenvalue weighted by atomic mass is 32.2. The van der Waals surface area contributed by atoms with Gasteiger partial charge < -0.3 is 10.6 Å². The third kappa shape index (κ3) is 3.71. The summed E-state index contributed by atoms with van der Waals surface area (Å²) < 4.78 is 51.5. The lowest BCUT2D eigenvalue weighted by Crippen LogP contribution is -2.27. The zero-order valence-corrected chi connectivity index (χ0v) is 14.0. The second-order valence-corrected chi connectivity index (χ2v) is 7.54. The van der Waals surface area contributed by atoms with Gasteiger partial charge in [0.2, 0.25) is 10.0 Å². The van der Waals surface area contributed by atoms with Crippen molar-refractivity contribution in [3.63, 3.8) is 0 Å². The maximum atomic E-state index is 13.5. The van der Waals surface area contributed by atoms with Gasteiger partial charge in [0.1, 0.15) is 11.6 Å². The van der Waals surface area contributed by atoms with E-state index in [0.717, 1.165) is 30.0 Å². The predicted molar refractivity (Wildman–Crippen MR) is 91.3 cm³/mol. The minimum atomic E-state index is -3.41. The number of carbonyl (C=O) groups excluding carboxylic acids is 1. The van der Waals surface area contributed by atoms with E-state index in [4.69, 9.17) is 0 Å². The van der Waals surface area contributed by atoms with E-state index in [0.29, 0.717) is 24.3 Å². The SMILES string of the molecule is CS(=O)(=O)N1CCc2ccc(NC(=O)Nc3cc(F)ccc3F)cc21. The summed E-state index contributed by atoms with van der Waals surface area (Å²) in [5.74, 6) is -1.45. The monoisotopic (exact) mass is 367 g/mol. The molecule has 1 aliphatic heterocycles. The molecule has 9 heteroatoms. The summed E-state index contributed by atoms with van der Waals surface area (Å²) in [7, 11) is -3.41. The van der Waals surface area contributed by atoms with E-state index in [2.05, 4.69) is 10.6 Å². The fourth-order valence-electron chi connectivity index (χ4n) is 2.65. The van der Waals surface area contributed by atoms with Crippen molar-refractivity contribution in [3.8, 4) is 0 Å². The molecule has 0 bridgehead atoms. The van der Waals surface area contributed by atoms with Crippen LogP contribution in [0.5, 0.6) is 0 Å². The van der Waals surface area contributed by atoms with Crippen LogP contribution in [0.1, 0.15) is 5.56 Å². The van der Waals surface area contributed by atoms with Gasteiger partial charge in [0, 0.05) is 18.3 Å². The second kappa shape index (κ2) is 6.32. The fourth-order valence-corrected chi connectivity index (χ4v) is 3.60. The van der Waals surface area contributed by atoms with Gasteiger partial charge in [0.25, 0.3) is 0 Å². The van der Waals surface area contributed by atoms with Crippen LogP contribution in [0.4, 0.5) is 30.6 Å². The lowest BCUT2D eigenvalue weighted by Gasteiger charge is -2.17. The minimum Gasteiger partial charge on any atom is -0.308 e. The Morgan fingerprint density at radius 3 is 2.60 bits per heavy atom. The number of anilines is 3. The van der Waals surface area contributed by atoms with Crippen LogP contribution < -0.4 is 14.9 Å². The van der Waals surface area contributed by atoms with Crippen molar-refractivity contribution >= 4 is 33.1 Å². The molecule has 132 valence electrons. The number of hydrogen-bond donors (Lipinski definition) is 2. The molecule has 25 heavy (non-hydrogen) atoms. The van der Waals surface area contributed by atoms with Crippen molar-refractivity contribution in [3.05, 3.63) is 53.6 Å². The Morgan fingerprint density at radius 1 is 1.12 bits per heavy atom. The average molecular weight is 367 g/mol. The predicted octanol–water partition coefficient (Wildman–Crippen LogP) is 2.93. The largest absolute Gasteiger partial charge is 0.323 e. The van der Waals surface area contributed by atoms with E-state index in [1.54, 1.807) is 12.1 Å². The Balaban J connectivity index is 1.78. The Morgan fingerprint density at radius 2 is 1.88 bits per heavy atom. The maximum Gasteiger partial charge on any atom is 0.323 e. The first kappa shape index (κ1) is 17.2. The molecule has 0 saturated carbocycles. The highest BCUT2D eigenvalue weighted by Gasteiger charge is 2.26. The summed E-state index contributed by atoms with van der Waals surface area (Å²) in [5, 5.41) is 4.69. The van der Waals surface area contributed by atoms with Gasteiger partial charge in [-0.25, -0.2) is 22.0 Å². The molecule has 2 aromatic rings. The molecular weight excluding hydrogens is 352 g/mol. The third-order valence-electron chi connectivity index (χ3n) is 3.77. The van der Waals surface area contributed by atoms with E-state index in [1.165, 1.54) is 10.4 Å². The van der Waals surface area contributed by atoms with E-state index < -0.39 is 27.7 Å². The summed E-state index contributed by atoms with van der Waals surface area (Å²) in [6, 6.07) is 6.82. The standard InChI is InChI=1S/C16H15F2N3O3S/c1-25(23,24)21-7-6-10-2-4-12(9-15(10)21)19-16(22)20-14-8-11(17)3-5-13(14)18/h2-5,8-9H,6-7H2,1H3,(H2,19,20,22). The number of sulfonamides is 1. The smallest absolute Gasteiger partial charge is 0.308 e. The summed E-state index contributed by atoms with van der Waals surface area (Å²) in [6.45, 7) is 0.346. The molecule has 0 atom stereocenters. The van der Waals surface area contributed by atoms with E-state index >= 15 is 0 Å². The highest BCUT2D eigenvalue weighted by Crippen LogP contribution is 2.32. The number of halogens is 2. The minimum absolute atomic E-state index is 0.295. The van der Waals surface area contributed by atoms with E-state index in [-0.39, 0.29) is 5.69 Å². The number of carbonyl (C=O) groups is 1. The Labute approximate surface area is 143 Å². The van der Waals surface area contributed by atoms with Gasteiger partial charge >= 0.3 is 6.03 Å². The number of nitrogens with one attached hydrogen (secondary N) is 2. The number of amides is 2. The molecule has 1 aliphatic rings. The third-order valence-corrected chi connectivity index (χ3v) is 4.95. The topological polar surface area (TPSA) is 78.5 Å². The van der Waals surface area contributed by atoms with Crippen LogP contribution in [-0.2, 0) is 16.4 Å².